The molecule has 0 saturated heterocycles. The highest BCUT2D eigenvalue weighted by Gasteiger charge is 2.24. The summed E-state index contributed by atoms with van der Waals surface area (Å²) in [6.45, 7) is 5.93. The van der Waals surface area contributed by atoms with Crippen molar-refractivity contribution in [1.82, 2.24) is 0 Å². The third kappa shape index (κ3) is 3.73. The second kappa shape index (κ2) is 7.98. The Morgan fingerprint density at radius 2 is 1.59 bits per heavy atom. The zero-order chi connectivity index (χ0) is 20.2. The van der Waals surface area contributed by atoms with Gasteiger partial charge in [0.2, 0.25) is 0 Å². The minimum absolute atomic E-state index is 0.234. The summed E-state index contributed by atoms with van der Waals surface area (Å²) in [4.78, 5) is 17.1. The number of amides is 1. The predicted octanol–water partition coefficient (Wildman–Crippen LogP) is 6.41. The molecule has 0 aliphatic rings. The minimum atomic E-state index is -0.234. The lowest BCUT2D eigenvalue weighted by molar-refractivity contribution is 0.102. The van der Waals surface area contributed by atoms with Gasteiger partial charge in [0.1, 0.15) is 11.2 Å². The van der Waals surface area contributed by atoms with Crippen LogP contribution < -0.4 is 5.32 Å². The first-order valence-electron chi connectivity index (χ1n) is 9.32. The molecule has 4 aromatic rings. The Morgan fingerprint density at radius 1 is 0.931 bits per heavy atom. The van der Waals surface area contributed by atoms with Crippen LogP contribution in [0.15, 0.2) is 95.0 Å². The van der Waals surface area contributed by atoms with Gasteiger partial charge in [0.05, 0.1) is 5.56 Å². The van der Waals surface area contributed by atoms with Crippen LogP contribution >= 0.6 is 0 Å². The van der Waals surface area contributed by atoms with Crippen molar-refractivity contribution < 1.29 is 9.21 Å². The molecule has 2 bridgehead atoms. The van der Waals surface area contributed by atoms with Gasteiger partial charge in [-0.2, -0.15) is 0 Å². The number of nitrogens with one attached hydrogen (secondary N) is 1. The number of benzene rings is 3. The maximum atomic E-state index is 13.0. The van der Waals surface area contributed by atoms with Crippen molar-refractivity contribution in [3.8, 4) is 11.1 Å². The maximum Gasteiger partial charge on any atom is 0.260 e. The molecule has 4 heteroatoms. The van der Waals surface area contributed by atoms with Crippen LogP contribution in [0.1, 0.15) is 22.8 Å². The number of allylic oxidation sites excluding steroid dienone is 2. The van der Waals surface area contributed by atoms with Crippen LogP contribution in [0.3, 0.4) is 0 Å². The fraction of sp³-hybridized carbons (Fsp3) is 0.0400. The molecule has 0 aliphatic carbocycles. The highest BCUT2D eigenvalue weighted by molar-refractivity contribution is 6.21. The number of aliphatic imine (C=N–C) groups is 1. The molecular formula is C25H20N2O2. The smallest absolute Gasteiger partial charge is 0.260 e. The summed E-state index contributed by atoms with van der Waals surface area (Å²) in [5.41, 5.74) is 5.88. The molecule has 0 spiro atoms. The molecule has 2 aromatic carbocycles. The third-order valence-electron chi connectivity index (χ3n) is 4.61. The van der Waals surface area contributed by atoms with E-state index in [-0.39, 0.29) is 5.91 Å². The first kappa shape index (κ1) is 18.4. The van der Waals surface area contributed by atoms with Gasteiger partial charge in [-0.25, -0.2) is 0 Å². The molecule has 4 nitrogen and oxygen atoms in total. The van der Waals surface area contributed by atoms with Crippen LogP contribution in [0.5, 0.6) is 0 Å². The van der Waals surface area contributed by atoms with Crippen molar-refractivity contribution in [2.24, 2.45) is 4.99 Å². The number of fused-ring (bicyclic) bond motifs is 2. The van der Waals surface area contributed by atoms with Gasteiger partial charge >= 0.3 is 0 Å². The number of nitrogens with zero attached hydrogens (tertiary/aromatic N) is 1. The van der Waals surface area contributed by atoms with Gasteiger partial charge in [-0.15, -0.1) is 0 Å². The summed E-state index contributed by atoms with van der Waals surface area (Å²) in [6, 6.07) is 21.5. The van der Waals surface area contributed by atoms with Crippen molar-refractivity contribution >= 4 is 34.5 Å². The Kier molecular flexibility index (Phi) is 5.08. The summed E-state index contributed by atoms with van der Waals surface area (Å²) in [5, 5.41) is 2.96. The van der Waals surface area contributed by atoms with E-state index in [1.807, 2.05) is 61.5 Å². The molecule has 2 heterocycles. The highest BCUT2D eigenvalue weighted by atomic mass is 16.3. The molecule has 1 N–H and O–H groups in total. The van der Waals surface area contributed by atoms with Crippen LogP contribution in [0, 0.1) is 0 Å². The van der Waals surface area contributed by atoms with E-state index in [0.717, 1.165) is 11.1 Å². The molecule has 0 atom stereocenters. The van der Waals surface area contributed by atoms with Crippen LogP contribution in [0.4, 0.5) is 5.69 Å². The number of rotatable bonds is 6. The normalized spacial score (nSPS) is 11.6. The second-order valence-corrected chi connectivity index (χ2v) is 6.60. The SMILES string of the molecule is C=C(/C=N\C=C/C)c1c(C(=O)Nc2ccc(-c3ccccc3)cc2)c2ccc1o2. The number of carbonyl (C=O) groups excluding carboxylic acids is 1. The van der Waals surface area contributed by atoms with Crippen LogP contribution in [0.25, 0.3) is 27.9 Å². The molecule has 0 radical (unpaired) electrons. The van der Waals surface area contributed by atoms with Crippen molar-refractivity contribution in [3.63, 3.8) is 0 Å². The third-order valence-corrected chi connectivity index (χ3v) is 4.61. The van der Waals surface area contributed by atoms with Crippen LogP contribution in [-0.2, 0) is 0 Å². The lowest BCUT2D eigenvalue weighted by atomic mass is 10.0. The largest absolute Gasteiger partial charge is 0.456 e. The first-order chi connectivity index (χ1) is 14.2. The van der Waals surface area contributed by atoms with Gasteiger partial charge in [0.25, 0.3) is 5.91 Å². The summed E-state index contributed by atoms with van der Waals surface area (Å²) >= 11 is 0. The maximum absolute atomic E-state index is 13.0. The van der Waals surface area contributed by atoms with Crippen molar-refractivity contribution in [3.05, 3.63) is 96.7 Å². The lowest BCUT2D eigenvalue weighted by Gasteiger charge is -2.08. The van der Waals surface area contributed by atoms with Crippen molar-refractivity contribution in [2.75, 3.05) is 5.32 Å². The van der Waals surface area contributed by atoms with Gasteiger partial charge < -0.3 is 9.73 Å². The van der Waals surface area contributed by atoms with Crippen molar-refractivity contribution in [1.29, 1.82) is 0 Å². The Hall–Kier alpha value is -3.92. The van der Waals surface area contributed by atoms with E-state index < -0.39 is 0 Å². The van der Waals surface area contributed by atoms with Crippen LogP contribution in [0.2, 0.25) is 0 Å². The molecule has 4 rings (SSSR count). The Balaban J connectivity index is 1.57. The molecule has 142 valence electrons. The Morgan fingerprint density at radius 3 is 2.28 bits per heavy atom. The van der Waals surface area contributed by atoms with Crippen molar-refractivity contribution in [2.45, 2.75) is 6.92 Å². The zero-order valence-corrected chi connectivity index (χ0v) is 16.1. The van der Waals surface area contributed by atoms with Gasteiger partial charge in [-0.1, -0.05) is 55.1 Å². The van der Waals surface area contributed by atoms with Gasteiger partial charge in [-0.3, -0.25) is 9.79 Å². The number of hydrogen-bond acceptors (Lipinski definition) is 3. The number of furan rings is 2. The lowest BCUT2D eigenvalue weighted by Crippen LogP contribution is -2.13. The van der Waals surface area contributed by atoms with E-state index in [4.69, 9.17) is 4.42 Å². The van der Waals surface area contributed by atoms with E-state index in [2.05, 4.69) is 29.0 Å². The standard InChI is InChI=1S/C25H20N2O2/c1-3-15-26-16-17(2)23-21-13-14-22(29-21)24(23)25(28)27-20-11-9-19(10-12-20)18-7-5-4-6-8-18/h3-16H,2H2,1H3,(H,27,28)/b15-3-,26-16-. The molecule has 0 aliphatic heterocycles. The summed E-state index contributed by atoms with van der Waals surface area (Å²) < 4.78 is 5.71. The molecular weight excluding hydrogens is 360 g/mol. The fourth-order valence-corrected chi connectivity index (χ4v) is 3.25. The second-order valence-electron chi connectivity index (χ2n) is 6.60. The Labute approximate surface area is 169 Å². The quantitative estimate of drug-likeness (QED) is 0.393. The molecule has 29 heavy (non-hydrogen) atoms. The van der Waals surface area contributed by atoms with Gasteiger partial charge in [0, 0.05) is 23.7 Å². The van der Waals surface area contributed by atoms with E-state index in [0.29, 0.717) is 33.6 Å². The fourth-order valence-electron chi connectivity index (χ4n) is 3.25. The molecule has 1 amide bonds. The van der Waals surface area contributed by atoms with Gasteiger partial charge in [0.15, 0.2) is 0 Å². The number of carbonyl (C=O) groups is 1. The highest BCUT2D eigenvalue weighted by Crippen LogP contribution is 2.33. The molecule has 0 unspecified atom stereocenters. The van der Waals surface area contributed by atoms with Gasteiger partial charge in [-0.05, 0) is 47.9 Å². The summed E-state index contributed by atoms with van der Waals surface area (Å²) in [6.07, 6.45) is 5.12. The summed E-state index contributed by atoms with van der Waals surface area (Å²) in [5.74, 6) is -0.234. The minimum Gasteiger partial charge on any atom is -0.456 e. The predicted molar refractivity (Wildman–Crippen MR) is 120 cm³/mol. The number of anilines is 1. The zero-order valence-electron chi connectivity index (χ0n) is 16.1. The molecule has 0 fully saturated rings. The average Bonchev–Trinajstić information content (AvgIpc) is 3.37. The molecule has 0 saturated carbocycles. The first-order valence-corrected chi connectivity index (χ1v) is 9.32. The van der Waals surface area contributed by atoms with E-state index in [1.54, 1.807) is 18.5 Å². The molecule has 2 aromatic heterocycles. The van der Waals surface area contributed by atoms with E-state index in [1.165, 1.54) is 0 Å². The average molecular weight is 380 g/mol. The Bertz CT molecular complexity index is 1200. The number of hydrogen-bond donors (Lipinski definition) is 1. The van der Waals surface area contributed by atoms with E-state index >= 15 is 0 Å². The van der Waals surface area contributed by atoms with E-state index in [9.17, 15) is 4.79 Å². The topological polar surface area (TPSA) is 54.6 Å². The summed E-state index contributed by atoms with van der Waals surface area (Å²) in [7, 11) is 0. The van der Waals surface area contributed by atoms with Crippen LogP contribution in [-0.4, -0.2) is 12.1 Å². The monoisotopic (exact) mass is 380 g/mol.